The summed E-state index contributed by atoms with van der Waals surface area (Å²) in [4.78, 5) is 21.4. The molecule has 76 valence electrons. The first-order valence-corrected chi connectivity index (χ1v) is 4.24. The quantitative estimate of drug-likeness (QED) is 0.537. The molecule has 0 radical (unpaired) electrons. The molecule has 0 aliphatic rings. The minimum Gasteiger partial charge on any atom is -0.480 e. The molecule has 0 fully saturated rings. The van der Waals surface area contributed by atoms with E-state index in [2.05, 4.69) is 5.32 Å². The molecule has 0 aromatic rings. The first-order chi connectivity index (χ1) is 6.11. The van der Waals surface area contributed by atoms with Crippen LogP contribution in [-0.4, -0.2) is 34.7 Å². The molecule has 0 aliphatic heterocycles. The highest BCUT2D eigenvalue weighted by molar-refractivity contribution is 5.83. The lowest BCUT2D eigenvalue weighted by Crippen LogP contribution is -2.43. The van der Waals surface area contributed by atoms with Crippen molar-refractivity contribution in [1.82, 2.24) is 5.32 Å². The summed E-state index contributed by atoms with van der Waals surface area (Å²) in [5.74, 6) is -1.55. The zero-order valence-corrected chi connectivity index (χ0v) is 7.62. The molecule has 0 heterocycles. The van der Waals surface area contributed by atoms with Crippen molar-refractivity contribution in [3.8, 4) is 0 Å². The summed E-state index contributed by atoms with van der Waals surface area (Å²) < 4.78 is 0. The largest absolute Gasteiger partial charge is 0.480 e. The summed E-state index contributed by atoms with van der Waals surface area (Å²) in [5.41, 5.74) is 0. The van der Waals surface area contributed by atoms with E-state index in [9.17, 15) is 9.59 Å². The highest BCUT2D eigenvalue weighted by Crippen LogP contribution is 1.94. The minimum atomic E-state index is -1.22. The molecule has 0 rings (SSSR count). The van der Waals surface area contributed by atoms with E-state index in [1.54, 1.807) is 0 Å². The van der Waals surface area contributed by atoms with Crippen molar-refractivity contribution in [1.29, 1.82) is 0 Å². The van der Waals surface area contributed by atoms with Gasteiger partial charge in [0.2, 0.25) is 5.91 Å². The number of rotatable bonds is 6. The number of aliphatic hydroxyl groups excluding tert-OH is 1. The molecule has 0 aromatic heterocycles. The van der Waals surface area contributed by atoms with Crippen molar-refractivity contribution in [2.45, 2.75) is 32.2 Å². The standard InChI is InChI=1S/C8H15NO4/c1-2-3-4-7(11)9-6(5-10)8(12)13/h6,10H,2-5H2,1H3,(H,9,11)(H,12,13)/t6-/m0/s1. The normalized spacial score (nSPS) is 12.2. The molecule has 13 heavy (non-hydrogen) atoms. The average Bonchev–Trinajstić information content (AvgIpc) is 2.10. The van der Waals surface area contributed by atoms with E-state index in [1.165, 1.54) is 0 Å². The van der Waals surface area contributed by atoms with Gasteiger partial charge in [0, 0.05) is 6.42 Å². The number of nitrogens with one attached hydrogen (secondary N) is 1. The maximum atomic E-state index is 11.0. The zero-order chi connectivity index (χ0) is 10.3. The molecule has 5 heteroatoms. The van der Waals surface area contributed by atoms with Crippen molar-refractivity contribution >= 4 is 11.9 Å². The van der Waals surface area contributed by atoms with E-state index in [0.717, 1.165) is 12.8 Å². The lowest BCUT2D eigenvalue weighted by atomic mass is 10.2. The Labute approximate surface area is 76.8 Å². The van der Waals surface area contributed by atoms with Gasteiger partial charge in [-0.05, 0) is 6.42 Å². The third-order valence-electron chi connectivity index (χ3n) is 1.57. The molecular formula is C8H15NO4. The van der Waals surface area contributed by atoms with Crippen molar-refractivity contribution in [3.63, 3.8) is 0 Å². The molecule has 5 nitrogen and oxygen atoms in total. The lowest BCUT2D eigenvalue weighted by molar-refractivity contribution is -0.142. The van der Waals surface area contributed by atoms with Gasteiger partial charge in [-0.15, -0.1) is 0 Å². The van der Waals surface area contributed by atoms with E-state index in [-0.39, 0.29) is 5.91 Å². The molecule has 0 aromatic carbocycles. The fraction of sp³-hybridized carbons (Fsp3) is 0.750. The van der Waals surface area contributed by atoms with Crippen molar-refractivity contribution < 1.29 is 19.8 Å². The topological polar surface area (TPSA) is 86.6 Å². The number of hydrogen-bond acceptors (Lipinski definition) is 3. The van der Waals surface area contributed by atoms with Crippen molar-refractivity contribution in [3.05, 3.63) is 0 Å². The van der Waals surface area contributed by atoms with Crippen LogP contribution in [-0.2, 0) is 9.59 Å². The molecular weight excluding hydrogens is 174 g/mol. The van der Waals surface area contributed by atoms with Crippen LogP contribution >= 0.6 is 0 Å². The number of carboxylic acid groups (broad SMARTS) is 1. The van der Waals surface area contributed by atoms with Crippen LogP contribution in [0.4, 0.5) is 0 Å². The fourth-order valence-corrected chi connectivity index (χ4v) is 0.789. The Bertz CT molecular complexity index is 181. The third kappa shape index (κ3) is 5.19. The van der Waals surface area contributed by atoms with Crippen molar-refractivity contribution in [2.75, 3.05) is 6.61 Å². The monoisotopic (exact) mass is 189 g/mol. The van der Waals surface area contributed by atoms with Gasteiger partial charge in [0.15, 0.2) is 0 Å². The van der Waals surface area contributed by atoms with Gasteiger partial charge in [0.25, 0.3) is 0 Å². The summed E-state index contributed by atoms with van der Waals surface area (Å²) >= 11 is 0. The first-order valence-electron chi connectivity index (χ1n) is 4.24. The predicted octanol–water partition coefficient (Wildman–Crippen LogP) is -0.262. The number of aliphatic carboxylic acids is 1. The van der Waals surface area contributed by atoms with Gasteiger partial charge in [-0.3, -0.25) is 4.79 Å². The summed E-state index contributed by atoms with van der Waals surface area (Å²) in [6.07, 6.45) is 1.91. The second kappa shape index (κ2) is 6.42. The lowest BCUT2D eigenvalue weighted by Gasteiger charge is -2.10. The molecule has 0 aliphatic carbocycles. The number of carboxylic acids is 1. The second-order valence-corrected chi connectivity index (χ2v) is 2.74. The summed E-state index contributed by atoms with van der Waals surface area (Å²) in [5, 5.41) is 19.3. The molecule has 0 saturated heterocycles. The molecule has 0 bridgehead atoms. The van der Waals surface area contributed by atoms with Crippen LogP contribution in [0.25, 0.3) is 0 Å². The smallest absolute Gasteiger partial charge is 0.328 e. The number of hydrogen-bond donors (Lipinski definition) is 3. The van der Waals surface area contributed by atoms with Gasteiger partial charge in [0.1, 0.15) is 6.04 Å². The number of amides is 1. The van der Waals surface area contributed by atoms with E-state index >= 15 is 0 Å². The Kier molecular flexibility index (Phi) is 5.88. The van der Waals surface area contributed by atoms with Crippen LogP contribution in [0.1, 0.15) is 26.2 Å². The van der Waals surface area contributed by atoms with E-state index in [0.29, 0.717) is 6.42 Å². The van der Waals surface area contributed by atoms with E-state index in [4.69, 9.17) is 10.2 Å². The Morgan fingerprint density at radius 1 is 1.46 bits per heavy atom. The van der Waals surface area contributed by atoms with Crippen molar-refractivity contribution in [2.24, 2.45) is 0 Å². The number of carbonyl (C=O) groups is 2. The number of aliphatic hydroxyl groups is 1. The summed E-state index contributed by atoms with van der Waals surface area (Å²) in [6.45, 7) is 1.36. The van der Waals surface area contributed by atoms with Crippen LogP contribution in [0.2, 0.25) is 0 Å². The maximum absolute atomic E-state index is 11.0. The minimum absolute atomic E-state index is 0.306. The summed E-state index contributed by atoms with van der Waals surface area (Å²) in [6, 6.07) is -1.18. The Balaban J connectivity index is 3.80. The molecule has 1 atom stereocenters. The van der Waals surface area contributed by atoms with Crippen LogP contribution in [0, 0.1) is 0 Å². The van der Waals surface area contributed by atoms with Gasteiger partial charge in [-0.25, -0.2) is 4.79 Å². The van der Waals surface area contributed by atoms with E-state index < -0.39 is 18.6 Å². The number of unbranched alkanes of at least 4 members (excludes halogenated alkanes) is 1. The van der Waals surface area contributed by atoms with Gasteiger partial charge in [-0.2, -0.15) is 0 Å². The highest BCUT2D eigenvalue weighted by Gasteiger charge is 2.17. The molecule has 0 saturated carbocycles. The van der Waals surface area contributed by atoms with E-state index in [1.807, 2.05) is 6.92 Å². The van der Waals surface area contributed by atoms with Gasteiger partial charge in [0.05, 0.1) is 6.61 Å². The van der Waals surface area contributed by atoms with Crippen LogP contribution in [0.3, 0.4) is 0 Å². The van der Waals surface area contributed by atoms with Crippen LogP contribution < -0.4 is 5.32 Å². The fourth-order valence-electron chi connectivity index (χ4n) is 0.789. The second-order valence-electron chi connectivity index (χ2n) is 2.74. The van der Waals surface area contributed by atoms with Gasteiger partial charge < -0.3 is 15.5 Å². The Morgan fingerprint density at radius 2 is 2.08 bits per heavy atom. The average molecular weight is 189 g/mol. The van der Waals surface area contributed by atoms with Gasteiger partial charge in [-0.1, -0.05) is 13.3 Å². The zero-order valence-electron chi connectivity index (χ0n) is 7.62. The van der Waals surface area contributed by atoms with Gasteiger partial charge >= 0.3 is 5.97 Å². The third-order valence-corrected chi connectivity index (χ3v) is 1.57. The Hall–Kier alpha value is -1.10. The Morgan fingerprint density at radius 3 is 2.46 bits per heavy atom. The maximum Gasteiger partial charge on any atom is 0.328 e. The van der Waals surface area contributed by atoms with Crippen LogP contribution in [0.15, 0.2) is 0 Å². The first kappa shape index (κ1) is 11.9. The van der Waals surface area contributed by atoms with Crippen LogP contribution in [0.5, 0.6) is 0 Å². The summed E-state index contributed by atoms with van der Waals surface area (Å²) in [7, 11) is 0. The SMILES string of the molecule is CCCCC(=O)N[C@@H](CO)C(=O)O. The molecule has 0 unspecified atom stereocenters. The molecule has 1 amide bonds. The molecule has 3 N–H and O–H groups in total. The molecule has 0 spiro atoms. The predicted molar refractivity (Wildman–Crippen MR) is 46.2 cm³/mol. The number of carbonyl (C=O) groups excluding carboxylic acids is 1. The highest BCUT2D eigenvalue weighted by atomic mass is 16.4.